The fraction of sp³-hybridized carbons (Fsp3) is 0.400. The highest BCUT2D eigenvalue weighted by Gasteiger charge is 2.31. The minimum absolute atomic E-state index is 0.301. The summed E-state index contributed by atoms with van der Waals surface area (Å²) >= 11 is 0. The van der Waals surface area contributed by atoms with E-state index in [0.29, 0.717) is 17.5 Å². The third kappa shape index (κ3) is 4.27. The molecule has 1 unspecified atom stereocenters. The zero-order chi connectivity index (χ0) is 21.1. The zero-order valence-corrected chi connectivity index (χ0v) is 17.3. The van der Waals surface area contributed by atoms with Gasteiger partial charge in [-0.15, -0.1) is 0 Å². The van der Waals surface area contributed by atoms with E-state index in [-0.39, 0.29) is 0 Å². The largest absolute Gasteiger partial charge is 0.497 e. The number of rotatable bonds is 6. The summed E-state index contributed by atoms with van der Waals surface area (Å²) in [6.07, 6.45) is 3.80. The van der Waals surface area contributed by atoms with Crippen LogP contribution in [0.5, 0.6) is 5.75 Å². The van der Waals surface area contributed by atoms with Gasteiger partial charge in [0, 0.05) is 12.0 Å². The van der Waals surface area contributed by atoms with E-state index in [1.165, 1.54) is 16.7 Å². The van der Waals surface area contributed by atoms with Crippen molar-refractivity contribution in [2.24, 2.45) is 0 Å². The van der Waals surface area contributed by atoms with Gasteiger partial charge in [0.05, 0.1) is 7.11 Å². The second-order valence-electron chi connectivity index (χ2n) is 8.22. The molecule has 0 saturated heterocycles. The molecule has 158 valence electrons. The number of carboxylic acids is 1. The first-order valence-electron chi connectivity index (χ1n) is 10.7. The third-order valence-electron chi connectivity index (χ3n) is 6.44. The van der Waals surface area contributed by atoms with Gasteiger partial charge in [0.25, 0.3) is 0 Å². The number of methoxy groups -OCH3 is 1. The highest BCUT2D eigenvalue weighted by molar-refractivity contribution is 5.74. The summed E-state index contributed by atoms with van der Waals surface area (Å²) in [5, 5.41) is 22.8. The molecule has 2 aromatic rings. The highest BCUT2D eigenvalue weighted by atomic mass is 16.5. The van der Waals surface area contributed by atoms with E-state index in [1.54, 1.807) is 13.2 Å². The van der Waals surface area contributed by atoms with Crippen LogP contribution in [0.25, 0.3) is 0 Å². The third-order valence-corrected chi connectivity index (χ3v) is 6.44. The standard InChI is InChI=1S/C25H29NO4/c1-30-19-10-8-16(9-11-19)14-23-22-7-3-6-20(21(22)12-13-26-23)17-4-2-5-18(15-17)24(27)25(28)29/h2,4-5,8-11,15,20,23-24,26-27H,3,6-7,12-14H2,1H3,(H,28,29)/t20?,23-,24-/m0/s1. The number of nitrogens with one attached hydrogen (secondary N) is 1. The number of aliphatic hydroxyl groups is 1. The maximum absolute atomic E-state index is 11.2. The lowest BCUT2D eigenvalue weighted by atomic mass is 9.73. The van der Waals surface area contributed by atoms with E-state index in [1.807, 2.05) is 24.3 Å². The molecule has 3 N–H and O–H groups in total. The number of aliphatic carboxylic acids is 1. The van der Waals surface area contributed by atoms with E-state index in [4.69, 9.17) is 9.84 Å². The lowest BCUT2D eigenvalue weighted by molar-refractivity contribution is -0.146. The second-order valence-corrected chi connectivity index (χ2v) is 8.22. The number of carboxylic acid groups (broad SMARTS) is 1. The van der Waals surface area contributed by atoms with Crippen molar-refractivity contribution in [2.45, 2.75) is 50.2 Å². The van der Waals surface area contributed by atoms with E-state index >= 15 is 0 Å². The molecule has 0 radical (unpaired) electrons. The molecule has 0 saturated carbocycles. The summed E-state index contributed by atoms with van der Waals surface area (Å²) in [6.45, 7) is 0.952. The van der Waals surface area contributed by atoms with E-state index in [2.05, 4.69) is 23.5 Å². The highest BCUT2D eigenvalue weighted by Crippen LogP contribution is 2.42. The lowest BCUT2D eigenvalue weighted by Gasteiger charge is -2.38. The van der Waals surface area contributed by atoms with Gasteiger partial charge >= 0.3 is 5.97 Å². The molecule has 2 aliphatic rings. The summed E-state index contributed by atoms with van der Waals surface area (Å²) in [4.78, 5) is 11.2. The van der Waals surface area contributed by atoms with Crippen LogP contribution in [0.15, 0.2) is 59.7 Å². The van der Waals surface area contributed by atoms with Crippen molar-refractivity contribution in [1.82, 2.24) is 5.32 Å². The summed E-state index contributed by atoms with van der Waals surface area (Å²) in [7, 11) is 1.68. The van der Waals surface area contributed by atoms with Crippen molar-refractivity contribution in [3.63, 3.8) is 0 Å². The van der Waals surface area contributed by atoms with Crippen molar-refractivity contribution in [3.8, 4) is 5.75 Å². The Kier molecular flexibility index (Phi) is 6.21. The Bertz CT molecular complexity index is 934. The molecule has 0 spiro atoms. The molecule has 0 bridgehead atoms. The average molecular weight is 408 g/mol. The molecule has 5 nitrogen and oxygen atoms in total. The van der Waals surface area contributed by atoms with Gasteiger partial charge in [-0.3, -0.25) is 0 Å². The molecule has 0 amide bonds. The number of hydrogen-bond acceptors (Lipinski definition) is 4. The Morgan fingerprint density at radius 2 is 1.97 bits per heavy atom. The molecule has 1 aliphatic carbocycles. The fourth-order valence-corrected chi connectivity index (χ4v) is 4.94. The van der Waals surface area contributed by atoms with Crippen LogP contribution in [0.4, 0.5) is 0 Å². The van der Waals surface area contributed by atoms with Crippen LogP contribution in [0.2, 0.25) is 0 Å². The summed E-state index contributed by atoms with van der Waals surface area (Å²) < 4.78 is 5.27. The molecule has 30 heavy (non-hydrogen) atoms. The fourth-order valence-electron chi connectivity index (χ4n) is 4.94. The van der Waals surface area contributed by atoms with Gasteiger partial charge in [0.15, 0.2) is 6.10 Å². The Morgan fingerprint density at radius 1 is 1.17 bits per heavy atom. The number of hydrogen-bond donors (Lipinski definition) is 3. The Labute approximate surface area is 177 Å². The maximum Gasteiger partial charge on any atom is 0.337 e. The SMILES string of the molecule is COc1ccc(C[C@@H]2NCCC3=C2CCCC3c2cccc([C@H](O)C(=O)O)c2)cc1. The number of carbonyl (C=O) groups is 1. The van der Waals surface area contributed by atoms with Crippen molar-refractivity contribution < 1.29 is 19.7 Å². The van der Waals surface area contributed by atoms with Crippen molar-refractivity contribution in [2.75, 3.05) is 13.7 Å². The first-order valence-corrected chi connectivity index (χ1v) is 10.7. The van der Waals surface area contributed by atoms with Crippen LogP contribution in [0.1, 0.15) is 54.4 Å². The van der Waals surface area contributed by atoms with Crippen LogP contribution in [-0.2, 0) is 11.2 Å². The topological polar surface area (TPSA) is 78.8 Å². The van der Waals surface area contributed by atoms with Gasteiger partial charge in [-0.2, -0.15) is 0 Å². The van der Waals surface area contributed by atoms with Crippen LogP contribution < -0.4 is 10.1 Å². The quantitative estimate of drug-likeness (QED) is 0.631. The van der Waals surface area contributed by atoms with Crippen LogP contribution in [0.3, 0.4) is 0 Å². The number of ether oxygens (including phenoxy) is 1. The lowest BCUT2D eigenvalue weighted by Crippen LogP contribution is -2.40. The Hall–Kier alpha value is -2.63. The molecule has 4 rings (SSSR count). The second kappa shape index (κ2) is 9.02. The molecule has 1 heterocycles. The predicted octanol–water partition coefficient (Wildman–Crippen LogP) is 3.98. The van der Waals surface area contributed by atoms with E-state index in [9.17, 15) is 9.90 Å². The first-order chi connectivity index (χ1) is 14.6. The normalized spacial score (nSPS) is 22.3. The minimum atomic E-state index is -1.47. The summed E-state index contributed by atoms with van der Waals surface area (Å²) in [5.74, 6) is -0.0382. The Balaban J connectivity index is 1.60. The van der Waals surface area contributed by atoms with Gasteiger partial charge < -0.3 is 20.3 Å². The first kappa shape index (κ1) is 20.6. The number of aliphatic hydroxyl groups excluding tert-OH is 1. The average Bonchev–Trinajstić information content (AvgIpc) is 2.79. The van der Waals surface area contributed by atoms with Crippen LogP contribution in [0, 0.1) is 0 Å². The van der Waals surface area contributed by atoms with Gasteiger partial charge in [-0.1, -0.05) is 47.5 Å². The van der Waals surface area contributed by atoms with Gasteiger partial charge in [0.2, 0.25) is 0 Å². The monoisotopic (exact) mass is 407 g/mol. The van der Waals surface area contributed by atoms with Gasteiger partial charge in [-0.25, -0.2) is 4.79 Å². The van der Waals surface area contributed by atoms with Gasteiger partial charge in [0.1, 0.15) is 5.75 Å². The minimum Gasteiger partial charge on any atom is -0.497 e. The zero-order valence-electron chi connectivity index (χ0n) is 17.3. The van der Waals surface area contributed by atoms with E-state index in [0.717, 1.165) is 50.0 Å². The molecule has 5 heteroatoms. The van der Waals surface area contributed by atoms with Crippen molar-refractivity contribution in [3.05, 3.63) is 76.4 Å². The van der Waals surface area contributed by atoms with Crippen LogP contribution in [-0.4, -0.2) is 35.9 Å². The smallest absolute Gasteiger partial charge is 0.337 e. The Morgan fingerprint density at radius 3 is 2.70 bits per heavy atom. The van der Waals surface area contributed by atoms with Crippen LogP contribution >= 0.6 is 0 Å². The molecular weight excluding hydrogens is 378 g/mol. The predicted molar refractivity (Wildman–Crippen MR) is 116 cm³/mol. The molecule has 3 atom stereocenters. The van der Waals surface area contributed by atoms with Crippen molar-refractivity contribution in [1.29, 1.82) is 0 Å². The molecule has 2 aromatic carbocycles. The molecule has 0 fully saturated rings. The summed E-state index contributed by atoms with van der Waals surface area (Å²) in [6, 6.07) is 16.1. The molecule has 1 aliphatic heterocycles. The van der Waals surface area contributed by atoms with E-state index < -0.39 is 12.1 Å². The van der Waals surface area contributed by atoms with Gasteiger partial charge in [-0.05, 0) is 67.5 Å². The molecule has 0 aromatic heterocycles. The maximum atomic E-state index is 11.2. The summed E-state index contributed by atoms with van der Waals surface area (Å²) in [5.41, 5.74) is 5.87. The molecular formula is C25H29NO4. The van der Waals surface area contributed by atoms with Crippen molar-refractivity contribution >= 4 is 5.97 Å². The number of benzene rings is 2.